The summed E-state index contributed by atoms with van der Waals surface area (Å²) in [5.74, 6) is 0.495. The molecule has 5 heteroatoms. The topological polar surface area (TPSA) is 51.2 Å². The van der Waals surface area contributed by atoms with E-state index >= 15 is 0 Å². The van der Waals surface area contributed by atoms with Crippen LogP contribution in [0.1, 0.15) is 21.5 Å². The Bertz CT molecular complexity index is 629. The highest BCUT2D eigenvalue weighted by Crippen LogP contribution is 2.22. The molecule has 0 radical (unpaired) electrons. The zero-order valence-electron chi connectivity index (χ0n) is 11.3. The summed E-state index contributed by atoms with van der Waals surface area (Å²) in [6.07, 6.45) is 3.50. The first-order valence-electron chi connectivity index (χ1n) is 6.13. The van der Waals surface area contributed by atoms with E-state index in [1.165, 1.54) is 0 Å². The Labute approximate surface area is 126 Å². The number of amides is 1. The van der Waals surface area contributed by atoms with Crippen molar-refractivity contribution < 1.29 is 9.53 Å². The average molecular weight is 335 g/mol. The summed E-state index contributed by atoms with van der Waals surface area (Å²) in [6.45, 7) is 2.44. The maximum Gasteiger partial charge on any atom is 0.252 e. The summed E-state index contributed by atoms with van der Waals surface area (Å²) in [4.78, 5) is 16.3. The van der Waals surface area contributed by atoms with Gasteiger partial charge in [-0.15, -0.1) is 0 Å². The van der Waals surface area contributed by atoms with Gasteiger partial charge in [0.2, 0.25) is 0 Å². The number of aryl methyl sites for hydroxylation is 1. The van der Waals surface area contributed by atoms with Crippen molar-refractivity contribution in [2.24, 2.45) is 0 Å². The minimum Gasteiger partial charge on any atom is -0.497 e. The largest absolute Gasteiger partial charge is 0.497 e. The molecular weight excluding hydrogens is 320 g/mol. The van der Waals surface area contributed by atoms with Gasteiger partial charge in [0.25, 0.3) is 5.91 Å². The summed E-state index contributed by atoms with van der Waals surface area (Å²) >= 11 is 3.37. The number of rotatable bonds is 4. The van der Waals surface area contributed by atoms with Crippen molar-refractivity contribution in [1.29, 1.82) is 0 Å². The number of nitrogens with one attached hydrogen (secondary N) is 1. The van der Waals surface area contributed by atoms with E-state index < -0.39 is 0 Å². The second-order valence-corrected chi connectivity index (χ2v) is 5.18. The van der Waals surface area contributed by atoms with Crippen LogP contribution in [0.4, 0.5) is 0 Å². The van der Waals surface area contributed by atoms with Crippen LogP contribution >= 0.6 is 15.9 Å². The molecule has 0 aliphatic rings. The van der Waals surface area contributed by atoms with Gasteiger partial charge in [-0.1, -0.05) is 0 Å². The Hall–Kier alpha value is -1.88. The van der Waals surface area contributed by atoms with Crippen LogP contribution in [-0.2, 0) is 6.54 Å². The third kappa shape index (κ3) is 3.36. The molecule has 104 valence electrons. The van der Waals surface area contributed by atoms with Gasteiger partial charge in [0.15, 0.2) is 0 Å². The lowest BCUT2D eigenvalue weighted by atomic mass is 10.1. The number of benzene rings is 1. The van der Waals surface area contributed by atoms with Gasteiger partial charge in [0.1, 0.15) is 5.75 Å². The smallest absolute Gasteiger partial charge is 0.252 e. The number of nitrogens with zero attached hydrogens (tertiary/aromatic N) is 1. The van der Waals surface area contributed by atoms with Crippen LogP contribution in [0, 0.1) is 6.92 Å². The van der Waals surface area contributed by atoms with Gasteiger partial charge in [0, 0.05) is 23.4 Å². The normalized spacial score (nSPS) is 10.2. The van der Waals surface area contributed by atoms with Crippen LogP contribution < -0.4 is 10.1 Å². The molecule has 1 heterocycles. The van der Waals surface area contributed by atoms with Crippen molar-refractivity contribution in [3.8, 4) is 5.75 Å². The van der Waals surface area contributed by atoms with Gasteiger partial charge in [0.05, 0.1) is 12.7 Å². The Balaban J connectivity index is 2.11. The zero-order chi connectivity index (χ0) is 14.5. The highest BCUT2D eigenvalue weighted by molar-refractivity contribution is 9.10. The minimum atomic E-state index is -0.154. The number of hydrogen-bond donors (Lipinski definition) is 1. The molecule has 0 aliphatic carbocycles. The summed E-state index contributed by atoms with van der Waals surface area (Å²) in [6, 6.07) is 7.22. The molecule has 0 bridgehead atoms. The van der Waals surface area contributed by atoms with E-state index in [9.17, 15) is 4.79 Å². The molecule has 0 atom stereocenters. The second kappa shape index (κ2) is 6.52. The number of ether oxygens (including phenoxy) is 1. The van der Waals surface area contributed by atoms with Crippen molar-refractivity contribution in [1.82, 2.24) is 10.3 Å². The van der Waals surface area contributed by atoms with E-state index in [0.717, 1.165) is 15.6 Å². The molecular formula is C15H15BrN2O2. The fourth-order valence-electron chi connectivity index (χ4n) is 1.76. The number of carbonyl (C=O) groups is 1. The maximum absolute atomic E-state index is 12.2. The second-order valence-electron chi connectivity index (χ2n) is 4.33. The van der Waals surface area contributed by atoms with Gasteiger partial charge < -0.3 is 10.1 Å². The molecule has 1 N–H and O–H groups in total. The number of pyridine rings is 1. The summed E-state index contributed by atoms with van der Waals surface area (Å²) in [5, 5.41) is 2.88. The molecule has 0 fully saturated rings. The van der Waals surface area contributed by atoms with E-state index in [1.54, 1.807) is 37.7 Å². The van der Waals surface area contributed by atoms with E-state index in [0.29, 0.717) is 17.9 Å². The van der Waals surface area contributed by atoms with Gasteiger partial charge in [-0.2, -0.15) is 0 Å². The highest BCUT2D eigenvalue weighted by atomic mass is 79.9. The first-order chi connectivity index (χ1) is 9.61. The van der Waals surface area contributed by atoms with Crippen LogP contribution in [0.25, 0.3) is 0 Å². The molecule has 0 saturated carbocycles. The van der Waals surface area contributed by atoms with Crippen molar-refractivity contribution in [2.75, 3.05) is 7.11 Å². The van der Waals surface area contributed by atoms with Gasteiger partial charge in [-0.05, 0) is 58.2 Å². The predicted octanol–water partition coefficient (Wildman–Crippen LogP) is 3.09. The Morgan fingerprint density at radius 3 is 2.90 bits per heavy atom. The molecule has 1 aromatic heterocycles. The Morgan fingerprint density at radius 2 is 2.20 bits per heavy atom. The Kier molecular flexibility index (Phi) is 4.74. The quantitative estimate of drug-likeness (QED) is 0.934. The molecule has 0 spiro atoms. The number of aromatic nitrogens is 1. The fourth-order valence-corrected chi connectivity index (χ4v) is 2.18. The van der Waals surface area contributed by atoms with Gasteiger partial charge in [-0.3, -0.25) is 9.78 Å². The molecule has 0 aliphatic heterocycles. The van der Waals surface area contributed by atoms with Crippen molar-refractivity contribution >= 4 is 21.8 Å². The lowest BCUT2D eigenvalue weighted by Crippen LogP contribution is -2.23. The molecule has 2 rings (SSSR count). The average Bonchev–Trinajstić information content (AvgIpc) is 2.46. The third-order valence-corrected chi connectivity index (χ3v) is 3.70. The van der Waals surface area contributed by atoms with Crippen molar-refractivity contribution in [2.45, 2.75) is 13.5 Å². The first kappa shape index (κ1) is 14.5. The predicted molar refractivity (Wildman–Crippen MR) is 80.8 cm³/mol. The van der Waals surface area contributed by atoms with Gasteiger partial charge >= 0.3 is 0 Å². The fraction of sp³-hybridized carbons (Fsp3) is 0.200. The lowest BCUT2D eigenvalue weighted by Gasteiger charge is -2.09. The Morgan fingerprint density at radius 1 is 1.40 bits per heavy atom. The maximum atomic E-state index is 12.2. The van der Waals surface area contributed by atoms with Gasteiger partial charge in [-0.25, -0.2) is 0 Å². The van der Waals surface area contributed by atoms with E-state index in [-0.39, 0.29) is 5.91 Å². The summed E-state index contributed by atoms with van der Waals surface area (Å²) in [5.41, 5.74) is 2.65. The van der Waals surface area contributed by atoms with E-state index in [1.807, 2.05) is 13.0 Å². The van der Waals surface area contributed by atoms with Crippen molar-refractivity contribution in [3.63, 3.8) is 0 Å². The third-order valence-electron chi connectivity index (χ3n) is 3.01. The van der Waals surface area contributed by atoms with Crippen molar-refractivity contribution in [3.05, 3.63) is 57.8 Å². The zero-order valence-corrected chi connectivity index (χ0v) is 12.9. The van der Waals surface area contributed by atoms with Crippen LogP contribution in [0.2, 0.25) is 0 Å². The molecule has 1 amide bonds. The van der Waals surface area contributed by atoms with E-state index in [4.69, 9.17) is 4.74 Å². The number of hydrogen-bond acceptors (Lipinski definition) is 3. The lowest BCUT2D eigenvalue weighted by molar-refractivity contribution is 0.0949. The SMILES string of the molecule is COc1ccc(Br)c(C(=O)NCc2cnccc2C)c1. The standard InChI is InChI=1S/C15H15BrN2O2/c1-10-5-6-17-8-11(10)9-18-15(19)13-7-12(20-2)3-4-14(13)16/h3-8H,9H2,1-2H3,(H,18,19). The molecule has 0 saturated heterocycles. The molecule has 2 aromatic rings. The van der Waals surface area contributed by atoms with Crippen LogP contribution in [0.5, 0.6) is 5.75 Å². The summed E-state index contributed by atoms with van der Waals surface area (Å²) < 4.78 is 5.87. The number of carbonyl (C=O) groups excluding carboxylic acids is 1. The molecule has 0 unspecified atom stereocenters. The molecule has 4 nitrogen and oxygen atoms in total. The molecule has 20 heavy (non-hydrogen) atoms. The first-order valence-corrected chi connectivity index (χ1v) is 6.92. The highest BCUT2D eigenvalue weighted by Gasteiger charge is 2.11. The minimum absolute atomic E-state index is 0.154. The monoisotopic (exact) mass is 334 g/mol. The number of halogens is 1. The van der Waals surface area contributed by atoms with Crippen LogP contribution in [-0.4, -0.2) is 18.0 Å². The van der Waals surface area contributed by atoms with Crippen LogP contribution in [0.3, 0.4) is 0 Å². The number of methoxy groups -OCH3 is 1. The van der Waals surface area contributed by atoms with Crippen LogP contribution in [0.15, 0.2) is 41.1 Å². The van der Waals surface area contributed by atoms with E-state index in [2.05, 4.69) is 26.2 Å². The molecule has 1 aromatic carbocycles. The summed E-state index contributed by atoms with van der Waals surface area (Å²) in [7, 11) is 1.57.